The number of amides is 2. The average molecular weight is 531 g/mol. The van der Waals surface area contributed by atoms with Crippen molar-refractivity contribution < 1.29 is 23.9 Å². The van der Waals surface area contributed by atoms with E-state index in [9.17, 15) is 19.1 Å². The minimum atomic E-state index is -1.13. The summed E-state index contributed by atoms with van der Waals surface area (Å²) in [6, 6.07) is 4.62. The number of carbonyl (C=O) groups is 2. The zero-order chi connectivity index (χ0) is 22.5. The Balaban J connectivity index is 2.43. The van der Waals surface area contributed by atoms with Crippen LogP contribution >= 0.6 is 22.6 Å². The van der Waals surface area contributed by atoms with Crippen LogP contribution in [0.5, 0.6) is 0 Å². The molecule has 0 unspecified atom stereocenters. The first-order valence-electron chi connectivity index (χ1n) is 9.55. The van der Waals surface area contributed by atoms with Crippen molar-refractivity contribution in [3.05, 3.63) is 51.1 Å². The van der Waals surface area contributed by atoms with Crippen molar-refractivity contribution in [1.29, 1.82) is 0 Å². The maximum atomic E-state index is 14.5. The molecular formula is C21H27FIN3O4. The number of benzene rings is 1. The maximum Gasteiger partial charge on any atom is 0.274 e. The minimum absolute atomic E-state index is 0.119. The van der Waals surface area contributed by atoms with Crippen LogP contribution in [0, 0.1) is 9.39 Å². The predicted octanol–water partition coefficient (Wildman–Crippen LogP) is 3.46. The fraction of sp³-hybridized carbons (Fsp3) is 0.429. The number of nitrogens with zero attached hydrogens (tertiary/aromatic N) is 1. The predicted molar refractivity (Wildman–Crippen MR) is 121 cm³/mol. The number of anilines is 1. The summed E-state index contributed by atoms with van der Waals surface area (Å²) in [4.78, 5) is 32.0. The number of halogens is 2. The highest BCUT2D eigenvalue weighted by molar-refractivity contribution is 14.1. The van der Waals surface area contributed by atoms with Gasteiger partial charge in [0, 0.05) is 16.2 Å². The second kappa shape index (κ2) is 10.4. The van der Waals surface area contributed by atoms with Crippen LogP contribution in [-0.4, -0.2) is 41.1 Å². The van der Waals surface area contributed by atoms with Crippen LogP contribution < -0.4 is 10.8 Å². The molecule has 0 spiro atoms. The topological polar surface area (TPSA) is 90.9 Å². The molecule has 0 atom stereocenters. The largest absolute Gasteiger partial charge is 0.388 e. The molecule has 0 aliphatic carbocycles. The molecule has 7 nitrogen and oxygen atoms in total. The molecule has 9 heteroatoms. The summed E-state index contributed by atoms with van der Waals surface area (Å²) in [6.07, 6.45) is 2.18. The molecule has 1 heterocycles. The third-order valence-electron chi connectivity index (χ3n) is 4.43. The molecule has 0 radical (unpaired) electrons. The first kappa shape index (κ1) is 24.3. The highest BCUT2D eigenvalue weighted by Crippen LogP contribution is 2.26. The third-order valence-corrected chi connectivity index (χ3v) is 5.10. The number of hydrogen-bond donors (Lipinski definition) is 3. The number of rotatable bonds is 6. The van der Waals surface area contributed by atoms with Crippen LogP contribution in [-0.2, 0) is 14.4 Å². The van der Waals surface area contributed by atoms with Crippen molar-refractivity contribution in [2.75, 3.05) is 19.0 Å². The number of carbonyl (C=O) groups excluding carboxylic acids is 2. The van der Waals surface area contributed by atoms with Crippen molar-refractivity contribution in [3.63, 3.8) is 0 Å². The molecule has 0 fully saturated rings. The summed E-state index contributed by atoms with van der Waals surface area (Å²) in [5.74, 6) is -1.27. The van der Waals surface area contributed by atoms with Crippen LogP contribution in [0.25, 0.3) is 0 Å². The fourth-order valence-corrected chi connectivity index (χ4v) is 3.30. The second-order valence-corrected chi connectivity index (χ2v) is 9.03. The molecule has 1 aromatic carbocycles. The molecule has 0 saturated heterocycles. The van der Waals surface area contributed by atoms with E-state index in [2.05, 4.69) is 17.4 Å². The Hall–Kier alpha value is -1.98. The quantitative estimate of drug-likeness (QED) is 0.297. The van der Waals surface area contributed by atoms with Gasteiger partial charge in [0.1, 0.15) is 18.2 Å². The molecule has 30 heavy (non-hydrogen) atoms. The van der Waals surface area contributed by atoms with Crippen molar-refractivity contribution in [1.82, 2.24) is 10.4 Å². The number of aliphatic hydroxyl groups is 1. The summed E-state index contributed by atoms with van der Waals surface area (Å²) in [7, 11) is 1.51. The Kier molecular flexibility index (Phi) is 8.39. The Morgan fingerprint density at radius 3 is 2.67 bits per heavy atom. The van der Waals surface area contributed by atoms with Crippen LogP contribution in [0.3, 0.4) is 0 Å². The molecule has 1 aromatic rings. The normalized spacial score (nSPS) is 18.5. The van der Waals surface area contributed by atoms with Gasteiger partial charge in [-0.25, -0.2) is 9.87 Å². The number of likely N-dealkylation sites (N-methyl/N-ethyl adjacent to an activating group) is 1. The van der Waals surface area contributed by atoms with Gasteiger partial charge in [0.15, 0.2) is 0 Å². The molecule has 0 bridgehead atoms. The van der Waals surface area contributed by atoms with Gasteiger partial charge in [-0.15, -0.1) is 0 Å². The van der Waals surface area contributed by atoms with E-state index in [4.69, 9.17) is 4.84 Å². The lowest BCUT2D eigenvalue weighted by molar-refractivity contribution is -0.135. The van der Waals surface area contributed by atoms with E-state index >= 15 is 0 Å². The van der Waals surface area contributed by atoms with Gasteiger partial charge in [-0.3, -0.25) is 19.3 Å². The van der Waals surface area contributed by atoms with Crippen LogP contribution in [0.1, 0.15) is 39.5 Å². The first-order chi connectivity index (χ1) is 14.0. The van der Waals surface area contributed by atoms with Crippen LogP contribution in [0.2, 0.25) is 0 Å². The van der Waals surface area contributed by atoms with E-state index in [1.165, 1.54) is 18.0 Å². The number of nitrogens with one attached hydrogen (secondary N) is 2. The molecule has 0 saturated carbocycles. The third kappa shape index (κ3) is 6.78. The lowest BCUT2D eigenvalue weighted by Crippen LogP contribution is -2.37. The van der Waals surface area contributed by atoms with E-state index in [0.717, 1.165) is 3.57 Å². The Morgan fingerprint density at radius 1 is 1.37 bits per heavy atom. The van der Waals surface area contributed by atoms with Crippen molar-refractivity contribution >= 4 is 40.1 Å². The summed E-state index contributed by atoms with van der Waals surface area (Å²) in [5.41, 5.74) is 1.98. The smallest absolute Gasteiger partial charge is 0.274 e. The van der Waals surface area contributed by atoms with Gasteiger partial charge in [0.25, 0.3) is 11.8 Å². The highest BCUT2D eigenvalue weighted by Gasteiger charge is 2.26. The summed E-state index contributed by atoms with van der Waals surface area (Å²) < 4.78 is 15.2. The first-order valence-corrected chi connectivity index (χ1v) is 10.6. The van der Waals surface area contributed by atoms with Gasteiger partial charge >= 0.3 is 0 Å². The zero-order valence-corrected chi connectivity index (χ0v) is 19.5. The number of hydroxylamine groups is 1. The lowest BCUT2D eigenvalue weighted by atomic mass is 10.1. The lowest BCUT2D eigenvalue weighted by Gasteiger charge is -2.25. The molecule has 3 N–H and O–H groups in total. The summed E-state index contributed by atoms with van der Waals surface area (Å²) in [5, 5.41) is 12.7. The molecular weight excluding hydrogens is 504 g/mol. The van der Waals surface area contributed by atoms with E-state index in [1.807, 2.05) is 22.6 Å². The average Bonchev–Trinajstić information content (AvgIpc) is 2.69. The van der Waals surface area contributed by atoms with Crippen molar-refractivity contribution in [2.45, 2.75) is 45.1 Å². The van der Waals surface area contributed by atoms with Crippen LogP contribution in [0.4, 0.5) is 10.1 Å². The minimum Gasteiger partial charge on any atom is -0.388 e. The molecule has 2 rings (SSSR count). The Morgan fingerprint density at radius 2 is 2.03 bits per heavy atom. The van der Waals surface area contributed by atoms with Gasteiger partial charge < -0.3 is 10.4 Å². The second-order valence-electron chi connectivity index (χ2n) is 7.78. The maximum absolute atomic E-state index is 14.5. The van der Waals surface area contributed by atoms with E-state index in [0.29, 0.717) is 31.3 Å². The monoisotopic (exact) mass is 531 g/mol. The van der Waals surface area contributed by atoms with E-state index in [-0.39, 0.29) is 29.6 Å². The molecule has 2 amide bonds. The highest BCUT2D eigenvalue weighted by atomic mass is 127. The fourth-order valence-electron chi connectivity index (χ4n) is 2.85. The van der Waals surface area contributed by atoms with Gasteiger partial charge in [-0.05, 0) is 80.3 Å². The molecule has 0 aromatic heterocycles. The molecule has 164 valence electrons. The standard InChI is InChI=1S/C21H27FIN3O4/c1-13-7-5-6-8-15(19(27)25-30-12-21(2,3)29)18(26(4)20(13)28)24-17-10-9-14(23)11-16(17)22/h9-11,24,29H,1,5-8,12H2,2-4H3,(H,25,27)/b18-15+. The van der Waals surface area contributed by atoms with E-state index < -0.39 is 17.3 Å². The number of hydrogen-bond acceptors (Lipinski definition) is 5. The summed E-state index contributed by atoms with van der Waals surface area (Å²) in [6.45, 7) is 6.81. The van der Waals surface area contributed by atoms with Crippen molar-refractivity contribution in [2.24, 2.45) is 0 Å². The summed E-state index contributed by atoms with van der Waals surface area (Å²) >= 11 is 2.00. The van der Waals surface area contributed by atoms with Gasteiger partial charge in [-0.2, -0.15) is 0 Å². The van der Waals surface area contributed by atoms with Crippen molar-refractivity contribution in [3.8, 4) is 0 Å². The van der Waals surface area contributed by atoms with Gasteiger partial charge in [-0.1, -0.05) is 6.58 Å². The SMILES string of the molecule is C=C1CCCC/C(C(=O)NOCC(C)(C)O)=C(/Nc2ccc(I)cc2F)N(C)C1=O. The van der Waals surface area contributed by atoms with E-state index in [1.54, 1.807) is 26.0 Å². The van der Waals surface area contributed by atoms with Crippen LogP contribution in [0.15, 0.2) is 41.7 Å². The molecule has 1 aliphatic rings. The van der Waals surface area contributed by atoms with Gasteiger partial charge in [0.05, 0.1) is 16.9 Å². The zero-order valence-electron chi connectivity index (χ0n) is 17.3. The Bertz CT molecular complexity index is 864. The van der Waals surface area contributed by atoms with Gasteiger partial charge in [0.2, 0.25) is 0 Å². The molecule has 1 aliphatic heterocycles. The Labute approximate surface area is 189 Å².